The van der Waals surface area contributed by atoms with Gasteiger partial charge in [0.15, 0.2) is 5.13 Å². The van der Waals surface area contributed by atoms with Gasteiger partial charge in [-0.15, -0.1) is 0 Å². The van der Waals surface area contributed by atoms with Gasteiger partial charge in [-0.3, -0.25) is 14.4 Å². The maximum atomic E-state index is 12.7. The summed E-state index contributed by atoms with van der Waals surface area (Å²) >= 11 is 1.18. The van der Waals surface area contributed by atoms with Gasteiger partial charge in [-0.1, -0.05) is 18.3 Å². The van der Waals surface area contributed by atoms with Crippen molar-refractivity contribution in [3.8, 4) is 0 Å². The van der Waals surface area contributed by atoms with Gasteiger partial charge >= 0.3 is 5.97 Å². The summed E-state index contributed by atoms with van der Waals surface area (Å²) in [6.07, 6.45) is 5.76. The zero-order chi connectivity index (χ0) is 19.3. The molecule has 140 valence electrons. The fourth-order valence-corrected chi connectivity index (χ4v) is 3.33. The van der Waals surface area contributed by atoms with Crippen LogP contribution in [-0.2, 0) is 16.6 Å². The third-order valence-electron chi connectivity index (χ3n) is 3.87. The van der Waals surface area contributed by atoms with Crippen molar-refractivity contribution in [1.29, 1.82) is 0 Å². The Labute approximate surface area is 157 Å². The summed E-state index contributed by atoms with van der Waals surface area (Å²) in [5.74, 6) is -0.585. The van der Waals surface area contributed by atoms with Gasteiger partial charge in [0, 0.05) is 30.9 Å². The number of carbonyl (C=O) groups excluding carboxylic acids is 2. The van der Waals surface area contributed by atoms with Crippen LogP contribution in [0.4, 0.5) is 5.13 Å². The molecule has 0 aliphatic carbocycles. The van der Waals surface area contributed by atoms with Crippen LogP contribution in [0.5, 0.6) is 0 Å². The number of esters is 1. The minimum Gasteiger partial charge on any atom is -0.462 e. The predicted molar refractivity (Wildman–Crippen MR) is 102 cm³/mol. The third-order valence-corrected chi connectivity index (χ3v) is 5.03. The molecule has 2 heterocycles. The lowest BCUT2D eigenvalue weighted by Crippen LogP contribution is -2.29. The number of nitrogens with zero attached hydrogens (tertiary/aromatic N) is 4. The monoisotopic (exact) mass is 376 g/mol. The quantitative estimate of drug-likeness (QED) is 0.548. The van der Waals surface area contributed by atoms with Crippen LogP contribution in [0.25, 0.3) is 6.08 Å². The van der Waals surface area contributed by atoms with Gasteiger partial charge in [0.1, 0.15) is 4.88 Å². The average Bonchev–Trinajstić information content (AvgIpc) is 3.14. The number of rotatable bonds is 7. The van der Waals surface area contributed by atoms with E-state index < -0.39 is 5.97 Å². The molecule has 2 aromatic rings. The van der Waals surface area contributed by atoms with Crippen LogP contribution in [-0.4, -0.2) is 39.8 Å². The van der Waals surface area contributed by atoms with Crippen molar-refractivity contribution in [3.63, 3.8) is 0 Å². The van der Waals surface area contributed by atoms with Crippen molar-refractivity contribution in [2.75, 3.05) is 18.1 Å². The first-order chi connectivity index (χ1) is 12.4. The fourth-order valence-electron chi connectivity index (χ4n) is 2.34. The Morgan fingerprint density at radius 2 is 2.08 bits per heavy atom. The molecule has 0 saturated heterocycles. The van der Waals surface area contributed by atoms with Gasteiger partial charge in [0.2, 0.25) is 0 Å². The maximum absolute atomic E-state index is 12.7. The largest absolute Gasteiger partial charge is 0.462 e. The molecule has 0 spiro atoms. The van der Waals surface area contributed by atoms with E-state index in [-0.39, 0.29) is 5.91 Å². The van der Waals surface area contributed by atoms with Gasteiger partial charge in [-0.2, -0.15) is 5.10 Å². The molecule has 7 nitrogen and oxygen atoms in total. The minimum atomic E-state index is -0.404. The lowest BCUT2D eigenvalue weighted by molar-refractivity contribution is -0.114. The molecule has 0 radical (unpaired) electrons. The number of hydrogen-bond acceptors (Lipinski definition) is 6. The summed E-state index contributed by atoms with van der Waals surface area (Å²) in [7, 11) is 1.85. The molecule has 0 N–H and O–H groups in total. The Morgan fingerprint density at radius 3 is 2.65 bits per heavy atom. The standard InChI is InChI=1S/C18H24N4O3S/c1-6-10-22(15(23)9-8-14-11-19-21(5)13(14)4)18-20-12(3)16(26-18)17(24)25-7-2/h8-9,11H,6-7,10H2,1-5H3. The molecule has 0 saturated carbocycles. The van der Waals surface area contributed by atoms with E-state index in [4.69, 9.17) is 4.74 Å². The van der Waals surface area contributed by atoms with E-state index in [2.05, 4.69) is 10.1 Å². The van der Waals surface area contributed by atoms with Gasteiger partial charge in [0.25, 0.3) is 5.91 Å². The molecule has 0 aromatic carbocycles. The third kappa shape index (κ3) is 4.37. The highest BCUT2D eigenvalue weighted by Gasteiger charge is 2.22. The van der Waals surface area contributed by atoms with Crippen LogP contribution in [0, 0.1) is 13.8 Å². The number of thiazole rings is 1. The van der Waals surface area contributed by atoms with E-state index in [9.17, 15) is 9.59 Å². The van der Waals surface area contributed by atoms with E-state index in [0.29, 0.717) is 28.9 Å². The topological polar surface area (TPSA) is 77.3 Å². The summed E-state index contributed by atoms with van der Waals surface area (Å²) < 4.78 is 6.80. The number of carbonyl (C=O) groups is 2. The normalized spacial score (nSPS) is 11.1. The van der Waals surface area contributed by atoms with E-state index in [1.165, 1.54) is 17.4 Å². The summed E-state index contributed by atoms with van der Waals surface area (Å²) in [5, 5.41) is 4.67. The van der Waals surface area contributed by atoms with Crippen LogP contribution >= 0.6 is 11.3 Å². The molecule has 0 unspecified atom stereocenters. The Kier molecular flexibility index (Phi) is 6.68. The second kappa shape index (κ2) is 8.75. The number of aromatic nitrogens is 3. The fraction of sp³-hybridized carbons (Fsp3) is 0.444. The average molecular weight is 376 g/mol. The zero-order valence-corrected chi connectivity index (χ0v) is 16.6. The first-order valence-electron chi connectivity index (χ1n) is 8.51. The molecule has 0 bridgehead atoms. The molecule has 0 fully saturated rings. The highest BCUT2D eigenvalue weighted by Crippen LogP contribution is 2.27. The minimum absolute atomic E-state index is 0.181. The lowest BCUT2D eigenvalue weighted by Gasteiger charge is -2.16. The summed E-state index contributed by atoms with van der Waals surface area (Å²) in [4.78, 5) is 31.1. The van der Waals surface area contributed by atoms with Gasteiger partial charge in [0.05, 0.1) is 18.5 Å². The molecule has 0 aliphatic heterocycles. The molecule has 1 amide bonds. The van der Waals surface area contributed by atoms with Crippen LogP contribution in [0.2, 0.25) is 0 Å². The Morgan fingerprint density at radius 1 is 1.35 bits per heavy atom. The number of amides is 1. The highest BCUT2D eigenvalue weighted by atomic mass is 32.1. The molecule has 26 heavy (non-hydrogen) atoms. The van der Waals surface area contributed by atoms with Crippen molar-refractivity contribution < 1.29 is 14.3 Å². The van der Waals surface area contributed by atoms with Crippen molar-refractivity contribution in [3.05, 3.63) is 34.1 Å². The summed E-state index contributed by atoms with van der Waals surface area (Å²) in [6, 6.07) is 0. The molecule has 2 aromatic heterocycles. The molecular formula is C18H24N4O3S. The number of hydrogen-bond donors (Lipinski definition) is 0. The van der Waals surface area contributed by atoms with Gasteiger partial charge in [-0.25, -0.2) is 9.78 Å². The van der Waals surface area contributed by atoms with Crippen LogP contribution in [0.3, 0.4) is 0 Å². The first-order valence-corrected chi connectivity index (χ1v) is 9.33. The zero-order valence-electron chi connectivity index (χ0n) is 15.8. The van der Waals surface area contributed by atoms with Crippen LogP contribution in [0.1, 0.15) is 46.9 Å². The number of ether oxygens (including phenoxy) is 1. The van der Waals surface area contributed by atoms with Gasteiger partial charge in [-0.05, 0) is 33.3 Å². The van der Waals surface area contributed by atoms with E-state index in [1.807, 2.05) is 20.9 Å². The molecule has 0 atom stereocenters. The van der Waals surface area contributed by atoms with Crippen molar-refractivity contribution in [1.82, 2.24) is 14.8 Å². The van der Waals surface area contributed by atoms with E-state index in [1.54, 1.807) is 35.7 Å². The molecular weight excluding hydrogens is 352 g/mol. The highest BCUT2D eigenvalue weighted by molar-refractivity contribution is 7.17. The Hall–Kier alpha value is -2.48. The SMILES string of the molecule is CCCN(C(=O)C=Cc1cnn(C)c1C)c1nc(C)c(C(=O)OCC)s1. The number of aryl methyl sites for hydroxylation is 2. The Bertz CT molecular complexity index is 823. The predicted octanol–water partition coefficient (Wildman–Crippen LogP) is 3.13. The van der Waals surface area contributed by atoms with Crippen molar-refractivity contribution in [2.24, 2.45) is 7.05 Å². The van der Waals surface area contributed by atoms with E-state index >= 15 is 0 Å². The molecule has 8 heteroatoms. The summed E-state index contributed by atoms with van der Waals surface area (Å²) in [5.41, 5.74) is 2.44. The van der Waals surface area contributed by atoms with E-state index in [0.717, 1.165) is 17.7 Å². The first kappa shape index (κ1) is 19.8. The lowest BCUT2D eigenvalue weighted by atomic mass is 10.2. The number of anilines is 1. The Balaban J connectivity index is 2.25. The maximum Gasteiger partial charge on any atom is 0.350 e. The van der Waals surface area contributed by atoms with Gasteiger partial charge < -0.3 is 4.74 Å². The van der Waals surface area contributed by atoms with Crippen molar-refractivity contribution >= 4 is 34.4 Å². The van der Waals surface area contributed by atoms with Crippen LogP contribution < -0.4 is 4.90 Å². The second-order valence-electron chi connectivity index (χ2n) is 5.76. The molecule has 2 rings (SSSR count). The smallest absolute Gasteiger partial charge is 0.350 e. The van der Waals surface area contributed by atoms with Crippen LogP contribution in [0.15, 0.2) is 12.3 Å². The summed E-state index contributed by atoms with van der Waals surface area (Å²) in [6.45, 7) is 8.25. The molecule has 0 aliphatic rings. The second-order valence-corrected chi connectivity index (χ2v) is 6.74. The van der Waals surface area contributed by atoms with Crippen molar-refractivity contribution in [2.45, 2.75) is 34.1 Å².